The predicted molar refractivity (Wildman–Crippen MR) is 108 cm³/mol. The van der Waals surface area contributed by atoms with E-state index in [1.54, 1.807) is 6.07 Å². The fourth-order valence-electron chi connectivity index (χ4n) is 1.07. The Morgan fingerprint density at radius 2 is 1.47 bits per heavy atom. The highest BCUT2D eigenvalue weighted by Gasteiger charge is 2.01. The van der Waals surface area contributed by atoms with E-state index in [1.165, 1.54) is 0 Å². The summed E-state index contributed by atoms with van der Waals surface area (Å²) in [6.45, 7) is 0. The number of rotatable bonds is 0. The molecule has 0 spiro atoms. The van der Waals surface area contributed by atoms with E-state index in [0.717, 1.165) is 21.1 Å². The lowest BCUT2D eigenvalue weighted by molar-refractivity contribution is 1.58. The summed E-state index contributed by atoms with van der Waals surface area (Å²) in [6.07, 6.45) is 0. The number of benzene rings is 2. The summed E-state index contributed by atoms with van der Waals surface area (Å²) in [7, 11) is 0. The van der Waals surface area contributed by atoms with Crippen molar-refractivity contribution in [3.63, 3.8) is 0 Å². The molecule has 0 aliphatic rings. The van der Waals surface area contributed by atoms with Gasteiger partial charge in [0.2, 0.25) is 0 Å². The van der Waals surface area contributed by atoms with Gasteiger partial charge in [-0.1, -0.05) is 55.1 Å². The maximum atomic E-state index is 5.76. The van der Waals surface area contributed by atoms with Gasteiger partial charge in [0, 0.05) is 21.1 Å². The average Bonchev–Trinajstić information content (AvgIpc) is 2.24. The zero-order valence-electron chi connectivity index (χ0n) is 9.23. The molecule has 0 aromatic heterocycles. The van der Waals surface area contributed by atoms with E-state index in [-0.39, 0.29) is 0 Å². The third-order valence-corrected chi connectivity index (χ3v) is 4.83. The molecule has 0 saturated carbocycles. The normalized spacial score (nSPS) is 9.79. The van der Waals surface area contributed by atoms with Crippen molar-refractivity contribution < 1.29 is 0 Å². The molecule has 0 unspecified atom stereocenters. The first-order chi connectivity index (χ1) is 8.79. The van der Waals surface area contributed by atoms with Crippen molar-refractivity contribution in [3.05, 3.63) is 56.5 Å². The van der Waals surface area contributed by atoms with Gasteiger partial charge in [0.15, 0.2) is 0 Å². The number of nitrogen functional groups attached to an aromatic ring is 1. The quantitative estimate of drug-likeness (QED) is 0.242. The summed E-state index contributed by atoms with van der Waals surface area (Å²) >= 11 is 22.5. The van der Waals surface area contributed by atoms with E-state index < -0.39 is 0 Å². The number of hydrogen-bond acceptors (Lipinski definition) is 1. The minimum atomic E-state index is 0.596. The van der Waals surface area contributed by atoms with Crippen molar-refractivity contribution in [2.24, 2.45) is 0 Å². The molecule has 102 valence electrons. The van der Waals surface area contributed by atoms with Crippen molar-refractivity contribution in [1.82, 2.24) is 0 Å². The molecule has 0 bridgehead atoms. The lowest BCUT2D eigenvalue weighted by Gasteiger charge is -2.00. The summed E-state index contributed by atoms with van der Waals surface area (Å²) < 4.78 is 4.10. The minimum absolute atomic E-state index is 0.596. The molecule has 2 rings (SSSR count). The minimum Gasteiger partial charge on any atom is -0.397 e. The van der Waals surface area contributed by atoms with Gasteiger partial charge in [-0.2, -0.15) is 0 Å². The largest absolute Gasteiger partial charge is 0.397 e. The van der Waals surface area contributed by atoms with E-state index in [0.29, 0.717) is 10.7 Å². The molecule has 0 saturated heterocycles. The second kappa shape index (κ2) is 8.63. The Balaban J connectivity index is 0.000000191. The lowest BCUT2D eigenvalue weighted by Crippen LogP contribution is -1.89. The summed E-state index contributed by atoms with van der Waals surface area (Å²) in [5.41, 5.74) is 6.23. The van der Waals surface area contributed by atoms with Crippen LogP contribution in [-0.2, 0) is 0 Å². The Morgan fingerprint density at radius 3 is 1.95 bits per heavy atom. The smallest absolute Gasteiger partial charge is 0.0657 e. The second-order valence-corrected chi connectivity index (χ2v) is 8.45. The average molecular weight is 650 g/mol. The van der Waals surface area contributed by atoms with Gasteiger partial charge in [-0.05, 0) is 75.5 Å². The van der Waals surface area contributed by atoms with E-state index in [2.05, 4.69) is 77.0 Å². The standard InChI is InChI=1S/C6H4BrClIN.C6H3BrClI/c7-3-1-4(8)6(10)5(9)2-3;7-4-1-5(8)3-6(9)2-4/h1-2H,10H2;1-3H. The zero-order chi connectivity index (χ0) is 14.6. The highest BCUT2D eigenvalue weighted by atomic mass is 127. The van der Waals surface area contributed by atoms with E-state index in [1.807, 2.05) is 24.3 Å². The van der Waals surface area contributed by atoms with Crippen LogP contribution in [0.2, 0.25) is 10.0 Å². The van der Waals surface area contributed by atoms with Crippen LogP contribution >= 0.6 is 100 Å². The Bertz CT molecular complexity index is 520. The number of hydrogen-bond donors (Lipinski definition) is 1. The van der Waals surface area contributed by atoms with E-state index >= 15 is 0 Å². The van der Waals surface area contributed by atoms with Gasteiger partial charge in [0.25, 0.3) is 0 Å². The van der Waals surface area contributed by atoms with Crippen LogP contribution in [0, 0.1) is 7.14 Å². The predicted octanol–water partition coefficient (Wildman–Crippen LogP) is 7.00. The van der Waals surface area contributed by atoms with Gasteiger partial charge in [0.1, 0.15) is 0 Å². The molecule has 0 heterocycles. The van der Waals surface area contributed by atoms with Crippen LogP contribution < -0.4 is 5.73 Å². The van der Waals surface area contributed by atoms with Gasteiger partial charge >= 0.3 is 0 Å². The molecule has 1 nitrogen and oxygen atoms in total. The fourth-order valence-corrected chi connectivity index (χ4v) is 5.24. The van der Waals surface area contributed by atoms with E-state index in [9.17, 15) is 0 Å². The highest BCUT2D eigenvalue weighted by molar-refractivity contribution is 14.1. The third-order valence-electron chi connectivity index (χ3n) is 1.87. The van der Waals surface area contributed by atoms with Crippen LogP contribution in [0.1, 0.15) is 0 Å². The number of anilines is 1. The first-order valence-corrected chi connectivity index (χ1v) is 9.31. The van der Waals surface area contributed by atoms with Crippen molar-refractivity contribution in [2.75, 3.05) is 5.73 Å². The number of nitrogens with two attached hydrogens (primary N) is 1. The summed E-state index contributed by atoms with van der Waals surface area (Å²) in [5.74, 6) is 0. The Kier molecular flexibility index (Phi) is 8.30. The van der Waals surface area contributed by atoms with Crippen molar-refractivity contribution in [3.8, 4) is 0 Å². The van der Waals surface area contributed by atoms with Gasteiger partial charge < -0.3 is 5.73 Å². The molecule has 2 aromatic rings. The van der Waals surface area contributed by atoms with Crippen LogP contribution in [0.4, 0.5) is 5.69 Å². The molecule has 2 N–H and O–H groups in total. The van der Waals surface area contributed by atoms with Crippen molar-refractivity contribution in [1.29, 1.82) is 0 Å². The molecule has 2 aromatic carbocycles. The van der Waals surface area contributed by atoms with Gasteiger partial charge in [-0.15, -0.1) is 0 Å². The summed E-state index contributed by atoms with van der Waals surface area (Å²) in [6, 6.07) is 9.48. The van der Waals surface area contributed by atoms with Crippen molar-refractivity contribution >= 4 is 106 Å². The molecule has 0 atom stereocenters. The first-order valence-electron chi connectivity index (χ1n) is 4.81. The Labute approximate surface area is 166 Å². The van der Waals surface area contributed by atoms with Crippen LogP contribution in [0.25, 0.3) is 0 Å². The fraction of sp³-hybridized carbons (Fsp3) is 0. The molecule has 7 heteroatoms. The SMILES string of the molecule is Clc1cc(Br)cc(I)c1.Nc1c(Cl)cc(Br)cc1I. The summed E-state index contributed by atoms with van der Waals surface area (Å²) in [5, 5.41) is 1.37. The van der Waals surface area contributed by atoms with Crippen molar-refractivity contribution in [2.45, 2.75) is 0 Å². The molecule has 0 aliphatic heterocycles. The lowest BCUT2D eigenvalue weighted by atomic mass is 10.3. The molecule has 0 radical (unpaired) electrons. The topological polar surface area (TPSA) is 26.0 Å². The number of halogens is 6. The second-order valence-electron chi connectivity index (χ2n) is 3.37. The van der Waals surface area contributed by atoms with Gasteiger partial charge in [0.05, 0.1) is 10.7 Å². The van der Waals surface area contributed by atoms with Gasteiger partial charge in [-0.3, -0.25) is 0 Å². The third kappa shape index (κ3) is 6.69. The van der Waals surface area contributed by atoms with E-state index in [4.69, 9.17) is 28.9 Å². The maximum Gasteiger partial charge on any atom is 0.0657 e. The highest BCUT2D eigenvalue weighted by Crippen LogP contribution is 2.28. The first kappa shape index (κ1) is 18.3. The molecule has 0 amide bonds. The van der Waals surface area contributed by atoms with Crippen LogP contribution in [0.15, 0.2) is 39.3 Å². The molecular weight excluding hydrogens is 643 g/mol. The monoisotopic (exact) mass is 647 g/mol. The maximum absolute atomic E-state index is 5.76. The van der Waals surface area contributed by atoms with Crippen LogP contribution in [0.5, 0.6) is 0 Å². The van der Waals surface area contributed by atoms with Crippen LogP contribution in [0.3, 0.4) is 0 Å². The Morgan fingerprint density at radius 1 is 0.895 bits per heavy atom. The molecular formula is C12H7Br2Cl2I2N. The molecule has 0 aliphatic carbocycles. The van der Waals surface area contributed by atoms with Gasteiger partial charge in [-0.25, -0.2) is 0 Å². The summed E-state index contributed by atoms with van der Waals surface area (Å²) in [4.78, 5) is 0. The Hall–Kier alpha value is 1.24. The van der Waals surface area contributed by atoms with Crippen LogP contribution in [-0.4, -0.2) is 0 Å². The molecule has 0 fully saturated rings. The zero-order valence-corrected chi connectivity index (χ0v) is 18.2. The molecule has 19 heavy (non-hydrogen) atoms.